The maximum absolute atomic E-state index is 14.4. The number of nitrogens with one attached hydrogen (secondary N) is 1. The smallest absolute Gasteiger partial charge is 0.253 e. The Hall–Kier alpha value is -3.85. The van der Waals surface area contributed by atoms with Crippen molar-refractivity contribution < 1.29 is 18.7 Å². The summed E-state index contributed by atoms with van der Waals surface area (Å²) < 4.78 is 21.3. The number of amides is 1. The lowest BCUT2D eigenvalue weighted by molar-refractivity contribution is -0.108. The third-order valence-corrected chi connectivity index (χ3v) is 6.00. The molecule has 9 heteroatoms. The number of rotatable bonds is 9. The highest BCUT2D eigenvalue weighted by Crippen LogP contribution is 2.28. The van der Waals surface area contributed by atoms with E-state index >= 15 is 0 Å². The van der Waals surface area contributed by atoms with Gasteiger partial charge in [-0.1, -0.05) is 12.2 Å². The molecule has 0 saturated carbocycles. The largest absolute Gasteiger partial charge is 0.374 e. The van der Waals surface area contributed by atoms with Crippen molar-refractivity contribution in [1.82, 2.24) is 19.3 Å². The van der Waals surface area contributed by atoms with E-state index in [1.807, 2.05) is 29.5 Å². The van der Waals surface area contributed by atoms with Crippen LogP contribution in [0.2, 0.25) is 0 Å². The van der Waals surface area contributed by atoms with Gasteiger partial charge in [-0.15, -0.1) is 0 Å². The molecule has 8 nitrogen and oxygen atoms in total. The lowest BCUT2D eigenvalue weighted by Gasteiger charge is -2.19. The molecule has 0 saturated heterocycles. The summed E-state index contributed by atoms with van der Waals surface area (Å²) in [5.41, 5.74) is 4.23. The molecule has 1 amide bonds. The second kappa shape index (κ2) is 10.6. The van der Waals surface area contributed by atoms with Crippen molar-refractivity contribution in [3.8, 4) is 0 Å². The number of fused-ring (bicyclic) bond motifs is 1. The monoisotopic (exact) mass is 477 g/mol. The number of hydrogen-bond donors (Lipinski definition) is 1. The van der Waals surface area contributed by atoms with E-state index in [1.165, 1.54) is 13.2 Å². The van der Waals surface area contributed by atoms with Crippen LogP contribution in [0, 0.1) is 6.92 Å². The Morgan fingerprint density at radius 2 is 2.17 bits per heavy atom. The number of aldehydes is 1. The van der Waals surface area contributed by atoms with Gasteiger partial charge in [0.05, 0.1) is 11.9 Å². The second-order valence-electron chi connectivity index (χ2n) is 8.43. The molecule has 2 unspecified atom stereocenters. The number of benzene rings is 1. The van der Waals surface area contributed by atoms with Gasteiger partial charge in [-0.2, -0.15) is 0 Å². The molecule has 3 aromatic rings. The van der Waals surface area contributed by atoms with Crippen LogP contribution in [0.3, 0.4) is 0 Å². The van der Waals surface area contributed by atoms with E-state index in [0.717, 1.165) is 23.2 Å². The van der Waals surface area contributed by atoms with Gasteiger partial charge in [-0.3, -0.25) is 9.20 Å². The van der Waals surface area contributed by atoms with Gasteiger partial charge in [0.1, 0.15) is 18.6 Å². The molecular formula is C26H28FN5O3. The van der Waals surface area contributed by atoms with E-state index in [-0.39, 0.29) is 5.91 Å². The lowest BCUT2D eigenvalue weighted by atomic mass is 10.0. The molecule has 1 N–H and O–H groups in total. The molecule has 2 aromatic heterocycles. The maximum atomic E-state index is 14.4. The molecule has 1 aromatic carbocycles. The van der Waals surface area contributed by atoms with Crippen LogP contribution < -0.4 is 5.32 Å². The molecular weight excluding hydrogens is 449 g/mol. The number of hydrogen-bond acceptors (Lipinski definition) is 6. The summed E-state index contributed by atoms with van der Waals surface area (Å²) in [5, 5.41) is 3.28. The molecule has 0 fully saturated rings. The number of alkyl halides is 1. The fourth-order valence-corrected chi connectivity index (χ4v) is 4.06. The van der Waals surface area contributed by atoms with Crippen molar-refractivity contribution in [2.75, 3.05) is 26.0 Å². The molecule has 0 radical (unpaired) electrons. The van der Waals surface area contributed by atoms with Crippen LogP contribution in [0.4, 0.5) is 15.9 Å². The van der Waals surface area contributed by atoms with Crippen LogP contribution in [0.25, 0.3) is 11.2 Å². The van der Waals surface area contributed by atoms with Crippen LogP contribution in [0.15, 0.2) is 55.0 Å². The molecule has 2 heterocycles. The first kappa shape index (κ1) is 24.3. The quantitative estimate of drug-likeness (QED) is 0.368. The highest BCUT2D eigenvalue weighted by atomic mass is 19.1. The van der Waals surface area contributed by atoms with Gasteiger partial charge >= 0.3 is 0 Å². The average Bonchev–Trinajstić information content (AvgIpc) is 3.29. The molecule has 35 heavy (non-hydrogen) atoms. The van der Waals surface area contributed by atoms with Crippen molar-refractivity contribution in [1.29, 1.82) is 0 Å². The van der Waals surface area contributed by atoms with E-state index in [1.54, 1.807) is 42.7 Å². The first-order chi connectivity index (χ1) is 16.9. The van der Waals surface area contributed by atoms with Gasteiger partial charge in [-0.05, 0) is 48.8 Å². The van der Waals surface area contributed by atoms with Crippen LogP contribution >= 0.6 is 0 Å². The summed E-state index contributed by atoms with van der Waals surface area (Å²) >= 11 is 0. The summed E-state index contributed by atoms with van der Waals surface area (Å²) in [6.07, 6.45) is 10.3. The molecule has 0 aliphatic heterocycles. The van der Waals surface area contributed by atoms with Crippen LogP contribution in [-0.2, 0) is 9.53 Å². The highest BCUT2D eigenvalue weighted by Gasteiger charge is 2.22. The number of aromatic nitrogens is 3. The number of allylic oxidation sites excluding steroid dienone is 2. The van der Waals surface area contributed by atoms with Crippen molar-refractivity contribution in [3.63, 3.8) is 0 Å². The van der Waals surface area contributed by atoms with Crippen molar-refractivity contribution >= 4 is 34.9 Å². The molecule has 2 atom stereocenters. The molecule has 182 valence electrons. The van der Waals surface area contributed by atoms with Gasteiger partial charge in [-0.25, -0.2) is 14.4 Å². The van der Waals surface area contributed by atoms with Gasteiger partial charge in [0, 0.05) is 50.8 Å². The van der Waals surface area contributed by atoms with Crippen LogP contribution in [0.1, 0.15) is 34.5 Å². The van der Waals surface area contributed by atoms with Gasteiger partial charge < -0.3 is 19.7 Å². The first-order valence-electron chi connectivity index (χ1n) is 11.4. The number of imidazole rings is 1. The summed E-state index contributed by atoms with van der Waals surface area (Å²) in [6, 6.07) is 5.48. The molecule has 0 bridgehead atoms. The number of carbonyl (C=O) groups excluding carboxylic acids is 2. The highest BCUT2D eigenvalue weighted by molar-refractivity contribution is 5.96. The number of methoxy groups -OCH3 is 1. The number of unbranched alkanes of at least 4 members (excludes halogenated alkanes) is 1. The standard InChI is InChI=1S/C26H28FN5O3/c1-17-14-19(7-8-20(17)26(34)31(2)11-4-5-13-33)30-24-25-29-16-22(32(25)12-10-28-24)18-6-9-23(35-3)21(27)15-18/h6-10,12-16,21,23H,4-5,11H2,1-3H3,(H,28,30). The predicted octanol–water partition coefficient (Wildman–Crippen LogP) is 4.14. The second-order valence-corrected chi connectivity index (χ2v) is 8.43. The SMILES string of the molecule is COC1C=CC(c2cnc3c(Nc4ccc(C(=O)N(C)CCCC=O)c(C)c4)nccn23)=CC1F. The number of anilines is 2. The van der Waals surface area contributed by atoms with Crippen LogP contribution in [0.5, 0.6) is 0 Å². The number of nitrogens with zero attached hydrogens (tertiary/aromatic N) is 4. The Bertz CT molecular complexity index is 1300. The minimum Gasteiger partial charge on any atom is -0.374 e. The Morgan fingerprint density at radius 1 is 1.34 bits per heavy atom. The fourth-order valence-electron chi connectivity index (χ4n) is 4.06. The third-order valence-electron chi connectivity index (χ3n) is 6.00. The molecule has 1 aliphatic rings. The van der Waals surface area contributed by atoms with E-state index in [9.17, 15) is 14.0 Å². The van der Waals surface area contributed by atoms with E-state index in [2.05, 4.69) is 15.3 Å². The van der Waals surface area contributed by atoms with Crippen molar-refractivity contribution in [3.05, 3.63) is 71.8 Å². The van der Waals surface area contributed by atoms with Gasteiger partial charge in [0.2, 0.25) is 0 Å². The van der Waals surface area contributed by atoms with Crippen molar-refractivity contribution in [2.45, 2.75) is 32.0 Å². The maximum Gasteiger partial charge on any atom is 0.253 e. The number of carbonyl (C=O) groups is 2. The van der Waals surface area contributed by atoms with E-state index in [0.29, 0.717) is 42.0 Å². The zero-order valence-electron chi connectivity index (χ0n) is 19.9. The summed E-state index contributed by atoms with van der Waals surface area (Å²) in [6.45, 7) is 2.40. The Kier molecular flexibility index (Phi) is 7.36. The Labute approximate surface area is 203 Å². The zero-order valence-corrected chi connectivity index (χ0v) is 19.9. The minimum absolute atomic E-state index is 0.0891. The number of halogens is 1. The summed E-state index contributed by atoms with van der Waals surface area (Å²) in [7, 11) is 3.22. The number of aryl methyl sites for hydroxylation is 1. The predicted molar refractivity (Wildman–Crippen MR) is 133 cm³/mol. The Balaban J connectivity index is 1.55. The van der Waals surface area contributed by atoms with E-state index < -0.39 is 12.3 Å². The molecule has 4 rings (SSSR count). The van der Waals surface area contributed by atoms with Gasteiger partial charge in [0.25, 0.3) is 5.91 Å². The van der Waals surface area contributed by atoms with Crippen molar-refractivity contribution in [2.24, 2.45) is 0 Å². The average molecular weight is 478 g/mol. The summed E-state index contributed by atoms with van der Waals surface area (Å²) in [4.78, 5) is 33.8. The third kappa shape index (κ3) is 5.14. The fraction of sp³-hybridized carbons (Fsp3) is 0.308. The zero-order chi connectivity index (χ0) is 24.9. The normalized spacial score (nSPS) is 17.3. The number of ether oxygens (including phenoxy) is 1. The first-order valence-corrected chi connectivity index (χ1v) is 11.4. The summed E-state index contributed by atoms with van der Waals surface area (Å²) in [5.74, 6) is 0.448. The minimum atomic E-state index is -1.24. The molecule has 1 aliphatic carbocycles. The molecule has 0 spiro atoms. The lowest BCUT2D eigenvalue weighted by Crippen LogP contribution is -2.28. The Morgan fingerprint density at radius 3 is 2.89 bits per heavy atom. The topological polar surface area (TPSA) is 88.8 Å². The van der Waals surface area contributed by atoms with Gasteiger partial charge in [0.15, 0.2) is 11.5 Å². The van der Waals surface area contributed by atoms with E-state index in [4.69, 9.17) is 4.74 Å². The van der Waals surface area contributed by atoms with Crippen LogP contribution in [-0.4, -0.2) is 64.4 Å².